The molecule has 2 aromatic carbocycles. The molecule has 1 spiro atoms. The number of hydrogen-bond donors (Lipinski definition) is 2. The zero-order valence-corrected chi connectivity index (χ0v) is 11.3. The molecule has 2 aromatic rings. The van der Waals surface area contributed by atoms with Crippen LogP contribution in [0.2, 0.25) is 0 Å². The molecule has 0 amide bonds. The third-order valence-electron chi connectivity index (χ3n) is 4.55. The van der Waals surface area contributed by atoms with E-state index in [9.17, 15) is 10.2 Å². The molecule has 0 saturated heterocycles. The molecule has 0 bridgehead atoms. The third kappa shape index (κ3) is 1.40. The average Bonchev–Trinajstić information content (AvgIpc) is 2.37. The summed E-state index contributed by atoms with van der Waals surface area (Å²) in [6.07, 6.45) is 3.04. The molecule has 1 aliphatic carbocycles. The fraction of sp³-hybridized carbons (Fsp3) is 0.294. The molecule has 0 unspecified atom stereocenters. The minimum atomic E-state index is -0.318. The lowest BCUT2D eigenvalue weighted by atomic mass is 9.70. The Morgan fingerprint density at radius 3 is 2.55 bits per heavy atom. The van der Waals surface area contributed by atoms with Gasteiger partial charge in [0, 0.05) is 17.2 Å². The number of benzene rings is 2. The second kappa shape index (κ2) is 3.69. The van der Waals surface area contributed by atoms with E-state index in [-0.39, 0.29) is 11.4 Å². The molecule has 2 aliphatic rings. The minimum absolute atomic E-state index is 0.220. The molecule has 1 fully saturated rings. The summed E-state index contributed by atoms with van der Waals surface area (Å²) < 4.78 is 6.19. The van der Waals surface area contributed by atoms with Gasteiger partial charge in [-0.05, 0) is 61.6 Å². The van der Waals surface area contributed by atoms with Crippen molar-refractivity contribution >= 4 is 0 Å². The van der Waals surface area contributed by atoms with Crippen molar-refractivity contribution in [1.29, 1.82) is 0 Å². The van der Waals surface area contributed by atoms with Crippen molar-refractivity contribution in [3.8, 4) is 28.4 Å². The summed E-state index contributed by atoms with van der Waals surface area (Å²) in [6.45, 7) is 1.90. The summed E-state index contributed by atoms with van der Waals surface area (Å²) in [7, 11) is 0. The lowest BCUT2D eigenvalue weighted by molar-refractivity contribution is -0.0146. The number of ether oxygens (including phenoxy) is 1. The Bertz CT molecular complexity index is 714. The molecule has 3 nitrogen and oxygen atoms in total. The first-order valence-corrected chi connectivity index (χ1v) is 6.96. The molecule has 1 heterocycles. The molecule has 4 rings (SSSR count). The number of phenolic OH excluding ortho intramolecular Hbond substituents is 2. The van der Waals surface area contributed by atoms with Gasteiger partial charge in [-0.2, -0.15) is 0 Å². The zero-order chi connectivity index (χ0) is 13.9. The van der Waals surface area contributed by atoms with Gasteiger partial charge in [0.05, 0.1) is 0 Å². The van der Waals surface area contributed by atoms with Crippen LogP contribution in [0.4, 0.5) is 0 Å². The molecule has 1 saturated carbocycles. The van der Waals surface area contributed by atoms with Crippen LogP contribution < -0.4 is 4.74 Å². The van der Waals surface area contributed by atoms with E-state index in [0.717, 1.165) is 47.3 Å². The van der Waals surface area contributed by atoms with E-state index in [1.807, 2.05) is 25.1 Å². The maximum Gasteiger partial charge on any atom is 0.135 e. The Balaban J connectivity index is 2.02. The third-order valence-corrected chi connectivity index (χ3v) is 4.55. The first-order valence-electron chi connectivity index (χ1n) is 6.96. The second-order valence-corrected chi connectivity index (χ2v) is 5.81. The number of aromatic hydroxyl groups is 2. The van der Waals surface area contributed by atoms with Gasteiger partial charge in [0.1, 0.15) is 22.8 Å². The molecule has 1 aliphatic heterocycles. The van der Waals surface area contributed by atoms with Crippen LogP contribution in [0.1, 0.15) is 30.4 Å². The summed E-state index contributed by atoms with van der Waals surface area (Å²) in [5.41, 5.74) is 3.71. The smallest absolute Gasteiger partial charge is 0.135 e. The summed E-state index contributed by atoms with van der Waals surface area (Å²) in [4.78, 5) is 0. The molecule has 0 aromatic heterocycles. The largest absolute Gasteiger partial charge is 0.508 e. The van der Waals surface area contributed by atoms with E-state index >= 15 is 0 Å². The quantitative estimate of drug-likeness (QED) is 0.763. The molecule has 3 heteroatoms. The normalized spacial score (nSPS) is 17.9. The minimum Gasteiger partial charge on any atom is -0.508 e. The predicted molar refractivity (Wildman–Crippen MR) is 76.1 cm³/mol. The van der Waals surface area contributed by atoms with Crippen LogP contribution in [0, 0.1) is 6.92 Å². The van der Waals surface area contributed by atoms with Gasteiger partial charge in [-0.15, -0.1) is 0 Å². The van der Waals surface area contributed by atoms with E-state index in [4.69, 9.17) is 4.74 Å². The van der Waals surface area contributed by atoms with E-state index in [2.05, 4.69) is 0 Å². The van der Waals surface area contributed by atoms with Crippen molar-refractivity contribution in [3.05, 3.63) is 41.5 Å². The highest BCUT2D eigenvalue weighted by Crippen LogP contribution is 2.55. The highest BCUT2D eigenvalue weighted by atomic mass is 16.5. The standard InChI is InChI=1S/C17H16O3/c1-10-7-13-12-4-3-11(18)8-16(12)20-17(5-2-6-17)14(13)9-15(10)19/h3-4,7-9,18-19H,2,5-6H2,1H3. The van der Waals surface area contributed by atoms with E-state index in [1.54, 1.807) is 12.1 Å². The number of fused-ring (bicyclic) bond motifs is 4. The second-order valence-electron chi connectivity index (χ2n) is 5.81. The summed E-state index contributed by atoms with van der Waals surface area (Å²) in [5, 5.41) is 19.7. The first kappa shape index (κ1) is 11.6. The zero-order valence-electron chi connectivity index (χ0n) is 11.3. The van der Waals surface area contributed by atoms with E-state index in [1.165, 1.54) is 0 Å². The molecular weight excluding hydrogens is 252 g/mol. The van der Waals surface area contributed by atoms with Crippen molar-refractivity contribution < 1.29 is 14.9 Å². The van der Waals surface area contributed by atoms with Crippen molar-refractivity contribution in [2.24, 2.45) is 0 Å². The van der Waals surface area contributed by atoms with Crippen LogP contribution in [0.3, 0.4) is 0 Å². The van der Waals surface area contributed by atoms with Gasteiger partial charge in [0.15, 0.2) is 0 Å². The van der Waals surface area contributed by atoms with Crippen LogP contribution in [-0.4, -0.2) is 10.2 Å². The van der Waals surface area contributed by atoms with Gasteiger partial charge in [0.25, 0.3) is 0 Å². The Kier molecular flexibility index (Phi) is 2.15. The van der Waals surface area contributed by atoms with Crippen molar-refractivity contribution in [2.75, 3.05) is 0 Å². The summed E-state index contributed by atoms with van der Waals surface area (Å²) >= 11 is 0. The Morgan fingerprint density at radius 1 is 1.05 bits per heavy atom. The van der Waals surface area contributed by atoms with Crippen LogP contribution in [0.25, 0.3) is 11.1 Å². The van der Waals surface area contributed by atoms with Crippen LogP contribution >= 0.6 is 0 Å². The van der Waals surface area contributed by atoms with Gasteiger partial charge >= 0.3 is 0 Å². The molecule has 2 N–H and O–H groups in total. The van der Waals surface area contributed by atoms with Crippen LogP contribution in [-0.2, 0) is 5.60 Å². The van der Waals surface area contributed by atoms with E-state index < -0.39 is 0 Å². The first-order chi connectivity index (χ1) is 9.59. The summed E-state index contributed by atoms with van der Waals surface area (Å²) in [6, 6.07) is 9.10. The van der Waals surface area contributed by atoms with Crippen molar-refractivity contribution in [1.82, 2.24) is 0 Å². The molecule has 0 atom stereocenters. The fourth-order valence-electron chi connectivity index (χ4n) is 3.25. The van der Waals surface area contributed by atoms with Gasteiger partial charge < -0.3 is 14.9 Å². The van der Waals surface area contributed by atoms with Gasteiger partial charge in [0.2, 0.25) is 0 Å². The summed E-state index contributed by atoms with van der Waals surface area (Å²) in [5.74, 6) is 1.28. The molecule has 0 radical (unpaired) electrons. The highest BCUT2D eigenvalue weighted by molar-refractivity contribution is 5.79. The number of rotatable bonds is 0. The predicted octanol–water partition coefficient (Wildman–Crippen LogP) is 3.84. The van der Waals surface area contributed by atoms with Crippen LogP contribution in [0.15, 0.2) is 30.3 Å². The van der Waals surface area contributed by atoms with E-state index in [0.29, 0.717) is 5.75 Å². The topological polar surface area (TPSA) is 49.7 Å². The van der Waals surface area contributed by atoms with Crippen LogP contribution in [0.5, 0.6) is 17.2 Å². The Hall–Kier alpha value is -2.16. The number of phenols is 2. The maximum atomic E-state index is 10.0. The molecule has 102 valence electrons. The van der Waals surface area contributed by atoms with Gasteiger partial charge in [-0.25, -0.2) is 0 Å². The molecule has 20 heavy (non-hydrogen) atoms. The number of aryl methyl sites for hydroxylation is 1. The Labute approximate surface area is 117 Å². The Morgan fingerprint density at radius 2 is 1.85 bits per heavy atom. The highest BCUT2D eigenvalue weighted by Gasteiger charge is 2.46. The monoisotopic (exact) mass is 268 g/mol. The number of hydrogen-bond acceptors (Lipinski definition) is 3. The van der Waals surface area contributed by atoms with Crippen molar-refractivity contribution in [3.63, 3.8) is 0 Å². The SMILES string of the molecule is Cc1cc2c(cc1O)C1(CCC1)Oc1cc(O)ccc1-2. The lowest BCUT2D eigenvalue weighted by Crippen LogP contribution is -2.42. The van der Waals surface area contributed by atoms with Gasteiger partial charge in [-0.3, -0.25) is 0 Å². The maximum absolute atomic E-state index is 10.0. The van der Waals surface area contributed by atoms with Gasteiger partial charge in [-0.1, -0.05) is 0 Å². The average molecular weight is 268 g/mol. The molecular formula is C17H16O3. The van der Waals surface area contributed by atoms with Crippen molar-refractivity contribution in [2.45, 2.75) is 31.8 Å². The lowest BCUT2D eigenvalue weighted by Gasteiger charge is -2.46. The fourth-order valence-corrected chi connectivity index (χ4v) is 3.25.